The quantitative estimate of drug-likeness (QED) is 0.807. The van der Waals surface area contributed by atoms with Crippen molar-refractivity contribution in [3.05, 3.63) is 24.2 Å². The fourth-order valence-corrected chi connectivity index (χ4v) is 7.11. The molecule has 1 aromatic heterocycles. The lowest BCUT2D eigenvalue weighted by Gasteiger charge is -2.68. The Bertz CT molecular complexity index is 764. The molecule has 2 N–H and O–H groups in total. The van der Waals surface area contributed by atoms with E-state index in [0.717, 1.165) is 43.4 Å². The van der Waals surface area contributed by atoms with Gasteiger partial charge in [0, 0.05) is 16.7 Å². The number of β-amino-alcohol motifs (C(OH)–C–C–N with tert-alkyl or cyclic N) is 1. The van der Waals surface area contributed by atoms with Crippen LogP contribution >= 0.6 is 0 Å². The monoisotopic (exact) mass is 358 g/mol. The summed E-state index contributed by atoms with van der Waals surface area (Å²) in [5.74, 6) is 0.762. The Morgan fingerprint density at radius 2 is 2.31 bits per heavy atom. The molecule has 3 aliphatic heterocycles. The predicted molar refractivity (Wildman–Crippen MR) is 93.3 cm³/mol. The van der Waals surface area contributed by atoms with Crippen molar-refractivity contribution in [2.75, 3.05) is 13.2 Å². The van der Waals surface area contributed by atoms with Crippen molar-refractivity contribution in [1.29, 1.82) is 0 Å². The average Bonchev–Trinajstić information content (AvgIpc) is 3.27. The maximum absolute atomic E-state index is 11.7. The van der Waals surface area contributed by atoms with Crippen LogP contribution in [0, 0.1) is 22.7 Å². The Hall–Kier alpha value is -1.37. The van der Waals surface area contributed by atoms with Gasteiger partial charge in [-0.15, -0.1) is 0 Å². The first-order valence-electron chi connectivity index (χ1n) is 9.92. The molecule has 0 aromatic carbocycles. The fourth-order valence-electron chi connectivity index (χ4n) is 7.11. The number of aliphatic hydroxyl groups is 1. The summed E-state index contributed by atoms with van der Waals surface area (Å²) in [7, 11) is 0. The lowest BCUT2D eigenvalue weighted by Crippen LogP contribution is -2.76. The van der Waals surface area contributed by atoms with Crippen LogP contribution in [0.15, 0.2) is 28.1 Å². The van der Waals surface area contributed by atoms with Crippen LogP contribution < -0.4 is 5.43 Å². The Labute approximate surface area is 152 Å². The minimum absolute atomic E-state index is 0.00609. The van der Waals surface area contributed by atoms with Crippen molar-refractivity contribution in [3.8, 4) is 0 Å². The van der Waals surface area contributed by atoms with Crippen molar-refractivity contribution in [3.63, 3.8) is 0 Å². The van der Waals surface area contributed by atoms with Gasteiger partial charge in [0.1, 0.15) is 0 Å². The number of hydrogen-bond acceptors (Lipinski definition) is 6. The van der Waals surface area contributed by atoms with Gasteiger partial charge in [-0.25, -0.2) is 0 Å². The second-order valence-electron chi connectivity index (χ2n) is 9.09. The number of hydrazone groups is 1. The molecule has 2 saturated carbocycles. The number of furan rings is 1. The van der Waals surface area contributed by atoms with Crippen molar-refractivity contribution >= 4 is 5.71 Å². The van der Waals surface area contributed by atoms with Gasteiger partial charge in [-0.2, -0.15) is 5.10 Å². The van der Waals surface area contributed by atoms with E-state index in [1.54, 1.807) is 12.5 Å². The van der Waals surface area contributed by atoms with Gasteiger partial charge in [0.2, 0.25) is 0 Å². The second kappa shape index (κ2) is 4.91. The first-order valence-corrected chi connectivity index (χ1v) is 9.92. The highest BCUT2D eigenvalue weighted by atomic mass is 16.7. The smallest absolute Gasteiger partial charge is 0.164 e. The van der Waals surface area contributed by atoms with Crippen LogP contribution in [-0.2, 0) is 9.47 Å². The van der Waals surface area contributed by atoms with Crippen LogP contribution in [0.1, 0.15) is 50.7 Å². The molecule has 0 radical (unpaired) electrons. The highest BCUT2D eigenvalue weighted by Gasteiger charge is 2.75. The molecule has 0 unspecified atom stereocenters. The van der Waals surface area contributed by atoms with E-state index in [4.69, 9.17) is 19.0 Å². The number of hydrogen-bond donors (Lipinski definition) is 2. The van der Waals surface area contributed by atoms with Crippen LogP contribution in [0.25, 0.3) is 0 Å². The van der Waals surface area contributed by atoms with Crippen LogP contribution in [0.3, 0.4) is 0 Å². The van der Waals surface area contributed by atoms with Gasteiger partial charge in [0.25, 0.3) is 0 Å². The molecule has 7 atom stereocenters. The van der Waals surface area contributed by atoms with Crippen LogP contribution in [0.2, 0.25) is 0 Å². The van der Waals surface area contributed by atoms with Gasteiger partial charge in [-0.3, -0.25) is 0 Å². The van der Waals surface area contributed by atoms with Gasteiger partial charge in [-0.1, -0.05) is 13.3 Å². The Balaban J connectivity index is 1.50. The van der Waals surface area contributed by atoms with Gasteiger partial charge < -0.3 is 24.4 Å². The van der Waals surface area contributed by atoms with Crippen LogP contribution in [0.5, 0.6) is 0 Å². The summed E-state index contributed by atoms with van der Waals surface area (Å²) in [6, 6.07) is 2.00. The highest BCUT2D eigenvalue weighted by Crippen LogP contribution is 2.71. The van der Waals surface area contributed by atoms with Gasteiger partial charge in [0.15, 0.2) is 6.29 Å². The summed E-state index contributed by atoms with van der Waals surface area (Å²) in [5.41, 5.74) is 4.16. The number of nitrogens with zero attached hydrogens (tertiary/aromatic N) is 1. The molecule has 4 heterocycles. The molecule has 6 heteroatoms. The molecule has 2 aliphatic carbocycles. The zero-order valence-corrected chi connectivity index (χ0v) is 15.1. The molecular weight excluding hydrogens is 332 g/mol. The average molecular weight is 358 g/mol. The maximum atomic E-state index is 11.7. The van der Waals surface area contributed by atoms with Gasteiger partial charge in [0.05, 0.1) is 42.8 Å². The standard InChI is InChI=1S/C20H26N2O4/c1-12-7-16-20-11-25-17-19(12,8-14(26-17)13-4-6-24-9-13)15(20)3-2-5-18(20,23)10-21-22-16/h4,6,9,12,14-15,17,21,23H,2-3,5,7-8,10-11H2,1H3/t12-,14+,15-,17+,18+,19-,20+/m1/s1. The third kappa shape index (κ3) is 1.59. The van der Waals surface area contributed by atoms with E-state index in [2.05, 4.69) is 12.3 Å². The molecule has 140 valence electrons. The van der Waals surface area contributed by atoms with E-state index in [1.807, 2.05) is 6.07 Å². The first-order chi connectivity index (χ1) is 12.6. The predicted octanol–water partition coefficient (Wildman–Crippen LogP) is 2.60. The van der Waals surface area contributed by atoms with Gasteiger partial charge >= 0.3 is 0 Å². The second-order valence-corrected chi connectivity index (χ2v) is 9.09. The molecule has 26 heavy (non-hydrogen) atoms. The number of ether oxygens (including phenoxy) is 2. The van der Waals surface area contributed by atoms with Crippen LogP contribution in [-0.4, -0.2) is 35.9 Å². The summed E-state index contributed by atoms with van der Waals surface area (Å²) in [6.45, 7) is 3.36. The summed E-state index contributed by atoms with van der Waals surface area (Å²) in [4.78, 5) is 0. The fraction of sp³-hybridized carbons (Fsp3) is 0.750. The topological polar surface area (TPSA) is 76.2 Å². The van der Waals surface area contributed by atoms with Gasteiger partial charge in [-0.05, 0) is 43.6 Å². The Morgan fingerprint density at radius 3 is 3.15 bits per heavy atom. The van der Waals surface area contributed by atoms with E-state index in [1.165, 1.54) is 0 Å². The lowest BCUT2D eigenvalue weighted by molar-refractivity contribution is -0.304. The zero-order valence-electron chi connectivity index (χ0n) is 15.1. The Kier molecular flexibility index (Phi) is 2.96. The molecule has 1 aromatic rings. The lowest BCUT2D eigenvalue weighted by atomic mass is 9.40. The molecule has 2 spiro atoms. The molecule has 5 aliphatic rings. The normalized spacial score (nSPS) is 51.8. The summed E-state index contributed by atoms with van der Waals surface area (Å²) in [5, 5.41) is 16.4. The summed E-state index contributed by atoms with van der Waals surface area (Å²) in [6.07, 6.45) is 8.13. The molecule has 4 fully saturated rings. The zero-order chi connectivity index (χ0) is 17.6. The Morgan fingerprint density at radius 1 is 1.38 bits per heavy atom. The van der Waals surface area contributed by atoms with Crippen LogP contribution in [0.4, 0.5) is 0 Å². The first kappa shape index (κ1) is 15.7. The minimum atomic E-state index is -0.765. The van der Waals surface area contributed by atoms with E-state index in [-0.39, 0.29) is 23.2 Å². The third-order valence-corrected chi connectivity index (χ3v) is 8.32. The largest absolute Gasteiger partial charge is 0.472 e. The summed E-state index contributed by atoms with van der Waals surface area (Å²) >= 11 is 0. The van der Waals surface area contributed by atoms with E-state index < -0.39 is 5.60 Å². The molecule has 2 bridgehead atoms. The van der Waals surface area contributed by atoms with E-state index >= 15 is 0 Å². The highest BCUT2D eigenvalue weighted by molar-refractivity contribution is 5.94. The van der Waals surface area contributed by atoms with Crippen molar-refractivity contribution < 1.29 is 19.0 Å². The number of nitrogens with one attached hydrogen (secondary N) is 1. The molecule has 6 nitrogen and oxygen atoms in total. The molecule has 6 rings (SSSR count). The molecular formula is C20H26N2O4. The SMILES string of the molecule is C[C@@H]1CC2=NNC[C@@]3(O)CCC[C@@H]4[C@@]15C[C@@H](c1ccoc1)O[C@@H]5OC[C@@]243. The third-order valence-electron chi connectivity index (χ3n) is 8.32. The minimum Gasteiger partial charge on any atom is -0.472 e. The molecule has 2 saturated heterocycles. The van der Waals surface area contributed by atoms with Crippen molar-refractivity contribution in [1.82, 2.24) is 5.43 Å². The van der Waals surface area contributed by atoms with Crippen molar-refractivity contribution in [2.24, 2.45) is 27.8 Å². The maximum Gasteiger partial charge on any atom is 0.164 e. The summed E-state index contributed by atoms with van der Waals surface area (Å²) < 4.78 is 18.1. The molecule has 0 amide bonds. The van der Waals surface area contributed by atoms with E-state index in [0.29, 0.717) is 25.0 Å². The van der Waals surface area contributed by atoms with E-state index in [9.17, 15) is 5.11 Å². The number of rotatable bonds is 1. The van der Waals surface area contributed by atoms with Crippen molar-refractivity contribution in [2.45, 2.75) is 57.0 Å².